The van der Waals surface area contributed by atoms with Crippen LogP contribution in [0.15, 0.2) is 77.3 Å². The van der Waals surface area contributed by atoms with Gasteiger partial charge in [-0.05, 0) is 57.4 Å². The van der Waals surface area contributed by atoms with Gasteiger partial charge in [-0.15, -0.1) is 0 Å². The lowest BCUT2D eigenvalue weighted by Gasteiger charge is -2.14. The van der Waals surface area contributed by atoms with Crippen LogP contribution >= 0.6 is 15.9 Å². The van der Waals surface area contributed by atoms with Crippen molar-refractivity contribution in [2.75, 3.05) is 19.0 Å². The van der Waals surface area contributed by atoms with Gasteiger partial charge in [-0.1, -0.05) is 48.5 Å². The fraction of sp³-hybridized carbons (Fsp3) is 0.0833. The normalized spacial score (nSPS) is 10.8. The lowest BCUT2D eigenvalue weighted by atomic mass is 10.0. The first kappa shape index (κ1) is 21.2. The number of nitriles is 1. The molecule has 5 nitrogen and oxygen atoms in total. The number of methoxy groups -OCH3 is 1. The van der Waals surface area contributed by atoms with E-state index in [-0.39, 0.29) is 12.5 Å². The van der Waals surface area contributed by atoms with Crippen molar-refractivity contribution in [3.63, 3.8) is 0 Å². The molecule has 0 aliphatic carbocycles. The molecule has 0 radical (unpaired) electrons. The number of hydrogen-bond acceptors (Lipinski definition) is 4. The molecule has 1 amide bonds. The van der Waals surface area contributed by atoms with Crippen LogP contribution in [0.4, 0.5) is 5.69 Å². The highest BCUT2D eigenvalue weighted by Gasteiger charge is 2.14. The Morgan fingerprint density at radius 3 is 2.40 bits per heavy atom. The van der Waals surface area contributed by atoms with Crippen LogP contribution in [0.1, 0.15) is 11.1 Å². The Bertz CT molecular complexity index is 1090. The van der Waals surface area contributed by atoms with Crippen LogP contribution < -0.4 is 14.8 Å². The molecule has 0 unspecified atom stereocenters. The number of para-hydroxylation sites is 1. The van der Waals surface area contributed by atoms with E-state index >= 15 is 0 Å². The molecule has 0 saturated heterocycles. The Morgan fingerprint density at radius 1 is 1.10 bits per heavy atom. The zero-order chi connectivity index (χ0) is 21.3. The molecule has 0 heterocycles. The molecule has 0 fully saturated rings. The lowest BCUT2D eigenvalue weighted by Crippen LogP contribution is -2.20. The van der Waals surface area contributed by atoms with Crippen LogP contribution in [0, 0.1) is 11.3 Å². The molecule has 3 aromatic carbocycles. The highest BCUT2D eigenvalue weighted by atomic mass is 79.9. The molecular formula is C24H19BrN2O3. The van der Waals surface area contributed by atoms with Crippen LogP contribution in [0.2, 0.25) is 0 Å². The maximum absolute atomic E-state index is 12.2. The number of nitrogens with zero attached hydrogens (tertiary/aromatic N) is 1. The van der Waals surface area contributed by atoms with Crippen molar-refractivity contribution in [1.29, 1.82) is 5.26 Å². The summed E-state index contributed by atoms with van der Waals surface area (Å²) in [5.41, 5.74) is 2.82. The number of carbonyl (C=O) groups excluding carboxylic acids is 1. The van der Waals surface area contributed by atoms with Crippen LogP contribution in [0.3, 0.4) is 0 Å². The fourth-order valence-corrected chi connectivity index (χ4v) is 3.36. The number of rotatable bonds is 7. The number of nitrogens with one attached hydrogen (secondary N) is 1. The SMILES string of the molecule is COc1cc(/C=C(\C#N)c2ccccc2)cc(Br)c1OCC(=O)Nc1ccccc1. The second-order valence-corrected chi connectivity index (χ2v) is 7.13. The molecule has 1 N–H and O–H groups in total. The van der Waals surface area contributed by atoms with Gasteiger partial charge in [0, 0.05) is 5.69 Å². The minimum absolute atomic E-state index is 0.174. The van der Waals surface area contributed by atoms with Crippen LogP contribution in [0.25, 0.3) is 11.6 Å². The smallest absolute Gasteiger partial charge is 0.262 e. The number of hydrogen-bond donors (Lipinski definition) is 1. The second-order valence-electron chi connectivity index (χ2n) is 6.27. The Kier molecular flexibility index (Phi) is 7.25. The quantitative estimate of drug-likeness (QED) is 0.369. The Hall–Kier alpha value is -3.56. The van der Waals surface area contributed by atoms with Crippen molar-refractivity contribution in [3.8, 4) is 17.6 Å². The number of ether oxygens (including phenoxy) is 2. The highest BCUT2D eigenvalue weighted by molar-refractivity contribution is 9.10. The number of halogens is 1. The van der Waals surface area contributed by atoms with Gasteiger partial charge in [-0.25, -0.2) is 0 Å². The number of allylic oxidation sites excluding steroid dienone is 1. The minimum atomic E-state index is -0.282. The maximum Gasteiger partial charge on any atom is 0.262 e. The third-order valence-electron chi connectivity index (χ3n) is 4.17. The highest BCUT2D eigenvalue weighted by Crippen LogP contribution is 2.37. The summed E-state index contributed by atoms with van der Waals surface area (Å²) in [6, 6.07) is 24.4. The summed E-state index contributed by atoms with van der Waals surface area (Å²) < 4.78 is 11.8. The van der Waals surface area contributed by atoms with E-state index in [0.717, 1.165) is 11.1 Å². The summed E-state index contributed by atoms with van der Waals surface area (Å²) >= 11 is 3.47. The van der Waals surface area contributed by atoms with Gasteiger partial charge < -0.3 is 14.8 Å². The fourth-order valence-electron chi connectivity index (χ4n) is 2.78. The van der Waals surface area contributed by atoms with Gasteiger partial charge in [0.2, 0.25) is 0 Å². The first-order valence-electron chi connectivity index (χ1n) is 9.13. The summed E-state index contributed by atoms with van der Waals surface area (Å²) in [5, 5.41) is 12.3. The molecule has 3 aromatic rings. The largest absolute Gasteiger partial charge is 0.493 e. The van der Waals surface area contributed by atoms with Crippen molar-refractivity contribution in [2.24, 2.45) is 0 Å². The predicted molar refractivity (Wildman–Crippen MR) is 121 cm³/mol. The first-order valence-corrected chi connectivity index (χ1v) is 9.92. The van der Waals surface area contributed by atoms with Crippen LogP contribution in [-0.2, 0) is 4.79 Å². The predicted octanol–water partition coefficient (Wildman–Crippen LogP) is 5.54. The molecule has 0 bridgehead atoms. The van der Waals surface area contributed by atoms with Gasteiger partial charge in [-0.3, -0.25) is 4.79 Å². The number of anilines is 1. The summed E-state index contributed by atoms with van der Waals surface area (Å²) in [5.74, 6) is 0.583. The molecule has 0 aliphatic heterocycles. The molecule has 30 heavy (non-hydrogen) atoms. The molecule has 0 aliphatic rings. The van der Waals surface area contributed by atoms with E-state index in [1.165, 1.54) is 7.11 Å². The van der Waals surface area contributed by atoms with Gasteiger partial charge >= 0.3 is 0 Å². The average Bonchev–Trinajstić information content (AvgIpc) is 2.77. The number of amides is 1. The van der Waals surface area contributed by atoms with Crippen LogP contribution in [0.5, 0.6) is 11.5 Å². The summed E-state index contributed by atoms with van der Waals surface area (Å²) in [7, 11) is 1.52. The van der Waals surface area contributed by atoms with Crippen molar-refractivity contribution >= 4 is 39.2 Å². The summed E-state index contributed by atoms with van der Waals surface area (Å²) in [6.07, 6.45) is 1.77. The zero-order valence-electron chi connectivity index (χ0n) is 16.3. The monoisotopic (exact) mass is 462 g/mol. The number of carbonyl (C=O) groups is 1. The minimum Gasteiger partial charge on any atom is -0.493 e. The van der Waals surface area contributed by atoms with Crippen LogP contribution in [-0.4, -0.2) is 19.6 Å². The van der Waals surface area contributed by atoms with E-state index in [0.29, 0.717) is 27.2 Å². The molecule has 0 aromatic heterocycles. The van der Waals surface area contributed by atoms with Crippen molar-refractivity contribution < 1.29 is 14.3 Å². The van der Waals surface area contributed by atoms with Gasteiger partial charge in [0.05, 0.1) is 23.2 Å². The van der Waals surface area contributed by atoms with Crippen molar-refractivity contribution in [3.05, 3.63) is 88.4 Å². The molecule has 3 rings (SSSR count). The average molecular weight is 463 g/mol. The van der Waals surface area contributed by atoms with E-state index < -0.39 is 0 Å². The Morgan fingerprint density at radius 2 is 1.77 bits per heavy atom. The van der Waals surface area contributed by atoms with E-state index in [1.54, 1.807) is 24.3 Å². The van der Waals surface area contributed by atoms with E-state index in [4.69, 9.17) is 9.47 Å². The van der Waals surface area contributed by atoms with Crippen molar-refractivity contribution in [1.82, 2.24) is 0 Å². The third kappa shape index (κ3) is 5.49. The maximum atomic E-state index is 12.2. The summed E-state index contributed by atoms with van der Waals surface area (Å²) in [4.78, 5) is 12.2. The molecule has 0 spiro atoms. The van der Waals surface area contributed by atoms with Crippen molar-refractivity contribution in [2.45, 2.75) is 0 Å². The number of benzene rings is 3. The topological polar surface area (TPSA) is 71.3 Å². The molecule has 6 heteroatoms. The third-order valence-corrected chi connectivity index (χ3v) is 4.76. The molecular weight excluding hydrogens is 444 g/mol. The lowest BCUT2D eigenvalue weighted by molar-refractivity contribution is -0.118. The Labute approximate surface area is 183 Å². The van der Waals surface area contributed by atoms with E-state index in [1.807, 2.05) is 54.6 Å². The van der Waals surface area contributed by atoms with E-state index in [2.05, 4.69) is 27.3 Å². The van der Waals surface area contributed by atoms with Gasteiger partial charge in [0.25, 0.3) is 5.91 Å². The molecule has 150 valence electrons. The van der Waals surface area contributed by atoms with Gasteiger partial charge in [0.15, 0.2) is 18.1 Å². The molecule has 0 atom stereocenters. The zero-order valence-corrected chi connectivity index (χ0v) is 17.8. The second kappa shape index (κ2) is 10.3. The van der Waals surface area contributed by atoms with Gasteiger partial charge in [0.1, 0.15) is 0 Å². The summed E-state index contributed by atoms with van der Waals surface area (Å²) in [6.45, 7) is -0.174. The first-order chi connectivity index (χ1) is 14.6. The standard InChI is InChI=1S/C24H19BrN2O3/c1-29-22-14-17(12-19(15-26)18-8-4-2-5-9-18)13-21(25)24(22)30-16-23(28)27-20-10-6-3-7-11-20/h2-14H,16H2,1H3,(H,27,28)/b19-12+. The Balaban J connectivity index is 1.78. The van der Waals surface area contributed by atoms with Gasteiger partial charge in [-0.2, -0.15) is 5.26 Å². The molecule has 0 saturated carbocycles. The van der Waals surface area contributed by atoms with E-state index in [9.17, 15) is 10.1 Å².